The summed E-state index contributed by atoms with van der Waals surface area (Å²) in [5.41, 5.74) is 0.996. The number of ether oxygens (including phenoxy) is 1. The third-order valence-corrected chi connectivity index (χ3v) is 2.17. The lowest BCUT2D eigenvalue weighted by atomic mass is 10.0. The number of hydrogen-bond acceptors (Lipinski definition) is 3. The second-order valence-electron chi connectivity index (χ2n) is 3.14. The van der Waals surface area contributed by atoms with Crippen molar-refractivity contribution in [1.29, 1.82) is 0 Å². The Kier molecular flexibility index (Phi) is 2.36. The van der Waals surface area contributed by atoms with E-state index in [9.17, 15) is 4.79 Å². The van der Waals surface area contributed by atoms with Gasteiger partial charge in [0.05, 0.1) is 12.7 Å². The van der Waals surface area contributed by atoms with Crippen LogP contribution >= 0.6 is 0 Å². The molecular weight excluding hydrogens is 166 g/mol. The van der Waals surface area contributed by atoms with Crippen molar-refractivity contribution < 1.29 is 9.53 Å². The molecule has 0 N–H and O–H groups in total. The van der Waals surface area contributed by atoms with Crippen molar-refractivity contribution in [2.24, 2.45) is 0 Å². The summed E-state index contributed by atoms with van der Waals surface area (Å²) in [5.74, 6) is 0.278. The van der Waals surface area contributed by atoms with Gasteiger partial charge in [0.1, 0.15) is 5.78 Å². The molecule has 2 rings (SSSR count). The van der Waals surface area contributed by atoms with Crippen molar-refractivity contribution in [1.82, 2.24) is 4.98 Å². The van der Waals surface area contributed by atoms with E-state index in [4.69, 9.17) is 4.74 Å². The number of pyridine rings is 1. The Hall–Kier alpha value is -1.22. The van der Waals surface area contributed by atoms with Crippen LogP contribution in [0.4, 0.5) is 0 Å². The van der Waals surface area contributed by atoms with E-state index >= 15 is 0 Å². The first-order valence-corrected chi connectivity index (χ1v) is 4.39. The minimum absolute atomic E-state index is 0.0741. The highest BCUT2D eigenvalue weighted by atomic mass is 16.5. The van der Waals surface area contributed by atoms with Crippen LogP contribution < -0.4 is 0 Å². The van der Waals surface area contributed by atoms with Gasteiger partial charge >= 0.3 is 0 Å². The first kappa shape index (κ1) is 8.38. The van der Waals surface area contributed by atoms with Gasteiger partial charge in [0, 0.05) is 25.2 Å². The molecule has 3 nitrogen and oxygen atoms in total. The van der Waals surface area contributed by atoms with E-state index in [1.807, 2.05) is 12.1 Å². The van der Waals surface area contributed by atoms with Crippen LogP contribution in [0.3, 0.4) is 0 Å². The van der Waals surface area contributed by atoms with Crippen molar-refractivity contribution in [3.8, 4) is 0 Å². The molecule has 68 valence electrons. The van der Waals surface area contributed by atoms with E-state index in [0.717, 1.165) is 5.56 Å². The van der Waals surface area contributed by atoms with E-state index in [-0.39, 0.29) is 11.9 Å². The molecule has 1 aromatic rings. The van der Waals surface area contributed by atoms with Crippen LogP contribution in [0.2, 0.25) is 0 Å². The Morgan fingerprint density at radius 2 is 2.46 bits per heavy atom. The van der Waals surface area contributed by atoms with Crippen LogP contribution in [0.5, 0.6) is 0 Å². The number of carbonyl (C=O) groups is 1. The van der Waals surface area contributed by atoms with Gasteiger partial charge in [-0.2, -0.15) is 0 Å². The van der Waals surface area contributed by atoms with Crippen LogP contribution in [0, 0.1) is 0 Å². The number of rotatable bonds is 1. The minimum Gasteiger partial charge on any atom is -0.373 e. The third-order valence-electron chi connectivity index (χ3n) is 2.17. The van der Waals surface area contributed by atoms with Gasteiger partial charge in [0.2, 0.25) is 0 Å². The lowest BCUT2D eigenvalue weighted by molar-refractivity contribution is -0.128. The predicted octanol–water partition coefficient (Wildman–Crippen LogP) is 1.50. The number of hydrogen-bond donors (Lipinski definition) is 0. The predicted molar refractivity (Wildman–Crippen MR) is 47.2 cm³/mol. The van der Waals surface area contributed by atoms with Gasteiger partial charge in [-0.3, -0.25) is 9.78 Å². The smallest absolute Gasteiger partial charge is 0.138 e. The lowest BCUT2D eigenvalue weighted by Crippen LogP contribution is -2.19. The Morgan fingerprint density at radius 1 is 1.54 bits per heavy atom. The molecule has 0 unspecified atom stereocenters. The van der Waals surface area contributed by atoms with Crippen LogP contribution in [0.1, 0.15) is 24.5 Å². The summed E-state index contributed by atoms with van der Waals surface area (Å²) in [5, 5.41) is 0. The van der Waals surface area contributed by atoms with Crippen LogP contribution in [0.15, 0.2) is 24.5 Å². The molecule has 3 heteroatoms. The average Bonchev–Trinajstić information content (AvgIpc) is 2.19. The van der Waals surface area contributed by atoms with Crippen molar-refractivity contribution in [3.05, 3.63) is 30.1 Å². The number of nitrogens with zero attached hydrogens (tertiary/aromatic N) is 1. The zero-order valence-corrected chi connectivity index (χ0v) is 7.27. The Bertz CT molecular complexity index is 297. The maximum atomic E-state index is 11.1. The van der Waals surface area contributed by atoms with Gasteiger partial charge in [-0.05, 0) is 11.6 Å². The molecule has 1 saturated heterocycles. The van der Waals surface area contributed by atoms with Crippen molar-refractivity contribution in [2.45, 2.75) is 18.9 Å². The normalized spacial score (nSPS) is 23.1. The van der Waals surface area contributed by atoms with Crippen molar-refractivity contribution in [2.75, 3.05) is 6.61 Å². The van der Waals surface area contributed by atoms with Gasteiger partial charge in [-0.15, -0.1) is 0 Å². The zero-order chi connectivity index (χ0) is 9.10. The molecule has 13 heavy (non-hydrogen) atoms. The van der Waals surface area contributed by atoms with Crippen LogP contribution in [0.25, 0.3) is 0 Å². The van der Waals surface area contributed by atoms with Crippen molar-refractivity contribution >= 4 is 5.78 Å². The van der Waals surface area contributed by atoms with Gasteiger partial charge in [-0.25, -0.2) is 0 Å². The standard InChI is InChI=1S/C10H11NO2/c12-9-3-5-13-10(6-9)8-2-1-4-11-7-8/h1-2,4,7,10H,3,5-6H2/t10-/m1/s1. The highest BCUT2D eigenvalue weighted by Gasteiger charge is 2.21. The van der Waals surface area contributed by atoms with E-state index in [2.05, 4.69) is 4.98 Å². The molecule has 1 aliphatic rings. The molecular formula is C10H11NO2. The Labute approximate surface area is 76.7 Å². The monoisotopic (exact) mass is 177 g/mol. The van der Waals surface area contributed by atoms with Gasteiger partial charge in [0.15, 0.2) is 0 Å². The Morgan fingerprint density at radius 3 is 3.15 bits per heavy atom. The number of ketones is 1. The first-order chi connectivity index (χ1) is 6.36. The topological polar surface area (TPSA) is 39.2 Å². The first-order valence-electron chi connectivity index (χ1n) is 4.39. The van der Waals surface area contributed by atoms with Crippen LogP contribution in [-0.4, -0.2) is 17.4 Å². The summed E-state index contributed by atoms with van der Waals surface area (Å²) in [7, 11) is 0. The number of aromatic nitrogens is 1. The molecule has 0 amide bonds. The van der Waals surface area contributed by atoms with E-state index in [1.165, 1.54) is 0 Å². The molecule has 0 spiro atoms. The molecule has 1 atom stereocenters. The van der Waals surface area contributed by atoms with Crippen molar-refractivity contribution in [3.63, 3.8) is 0 Å². The summed E-state index contributed by atoms with van der Waals surface area (Å²) in [6.07, 6.45) is 4.44. The average molecular weight is 177 g/mol. The summed E-state index contributed by atoms with van der Waals surface area (Å²) >= 11 is 0. The molecule has 1 fully saturated rings. The van der Waals surface area contributed by atoms with Gasteiger partial charge in [-0.1, -0.05) is 6.07 Å². The molecule has 0 bridgehead atoms. The fraction of sp³-hybridized carbons (Fsp3) is 0.400. The summed E-state index contributed by atoms with van der Waals surface area (Å²) in [4.78, 5) is 15.1. The molecule has 0 saturated carbocycles. The highest BCUT2D eigenvalue weighted by molar-refractivity contribution is 5.79. The molecule has 1 aromatic heterocycles. The summed E-state index contributed by atoms with van der Waals surface area (Å²) in [6, 6.07) is 3.80. The van der Waals surface area contributed by atoms with E-state index < -0.39 is 0 Å². The van der Waals surface area contributed by atoms with Gasteiger partial charge in [0.25, 0.3) is 0 Å². The third kappa shape index (κ3) is 1.92. The van der Waals surface area contributed by atoms with E-state index in [1.54, 1.807) is 12.4 Å². The second-order valence-corrected chi connectivity index (χ2v) is 3.14. The largest absolute Gasteiger partial charge is 0.373 e. The molecule has 1 aliphatic heterocycles. The quantitative estimate of drug-likeness (QED) is 0.652. The molecule has 2 heterocycles. The minimum atomic E-state index is -0.0741. The lowest BCUT2D eigenvalue weighted by Gasteiger charge is -2.21. The number of carbonyl (C=O) groups excluding carboxylic acids is 1. The fourth-order valence-corrected chi connectivity index (χ4v) is 1.46. The molecule has 0 aliphatic carbocycles. The fourth-order valence-electron chi connectivity index (χ4n) is 1.46. The molecule has 0 radical (unpaired) electrons. The summed E-state index contributed by atoms with van der Waals surface area (Å²) < 4.78 is 5.47. The maximum absolute atomic E-state index is 11.1. The molecule has 0 aromatic carbocycles. The number of Topliss-reactive ketones (excluding diaryl/α,β-unsaturated/α-hetero) is 1. The van der Waals surface area contributed by atoms with Crippen LogP contribution in [-0.2, 0) is 9.53 Å². The Balaban J connectivity index is 2.13. The zero-order valence-electron chi connectivity index (χ0n) is 7.27. The summed E-state index contributed by atoms with van der Waals surface area (Å²) in [6.45, 7) is 0.540. The highest BCUT2D eigenvalue weighted by Crippen LogP contribution is 2.24. The van der Waals surface area contributed by atoms with E-state index in [0.29, 0.717) is 19.4 Å². The SMILES string of the molecule is O=C1CCO[C@@H](c2cccnc2)C1. The second kappa shape index (κ2) is 3.66. The van der Waals surface area contributed by atoms with Gasteiger partial charge < -0.3 is 4.74 Å². The maximum Gasteiger partial charge on any atom is 0.138 e.